The van der Waals surface area contributed by atoms with Crippen molar-refractivity contribution >= 4 is 17.2 Å². The minimum absolute atomic E-state index is 0.117. The quantitative estimate of drug-likeness (QED) is 0.374. The van der Waals surface area contributed by atoms with Gasteiger partial charge in [-0.3, -0.25) is 9.69 Å². The number of thiazole rings is 1. The minimum Gasteiger partial charge on any atom is -0.484 e. The third kappa shape index (κ3) is 5.43. The lowest BCUT2D eigenvalue weighted by Crippen LogP contribution is -2.48. The van der Waals surface area contributed by atoms with Crippen LogP contribution in [0.3, 0.4) is 0 Å². The number of piperazine rings is 1. The summed E-state index contributed by atoms with van der Waals surface area (Å²) in [6.07, 6.45) is 0. The Kier molecular flexibility index (Phi) is 6.89. The van der Waals surface area contributed by atoms with Gasteiger partial charge in [-0.1, -0.05) is 42.5 Å². The van der Waals surface area contributed by atoms with Crippen molar-refractivity contribution in [3.63, 3.8) is 0 Å². The summed E-state index contributed by atoms with van der Waals surface area (Å²) in [5, 5.41) is 12.3. The molecule has 1 saturated heterocycles. The van der Waals surface area contributed by atoms with E-state index in [4.69, 9.17) is 14.1 Å². The first-order valence-electron chi connectivity index (χ1n) is 11.4. The van der Waals surface area contributed by atoms with E-state index in [0.717, 1.165) is 35.9 Å². The summed E-state index contributed by atoms with van der Waals surface area (Å²) in [4.78, 5) is 21.9. The van der Waals surface area contributed by atoms with Gasteiger partial charge in [0.05, 0.1) is 11.3 Å². The Bertz CT molecular complexity index is 1330. The van der Waals surface area contributed by atoms with Gasteiger partial charge < -0.3 is 14.1 Å². The van der Waals surface area contributed by atoms with Gasteiger partial charge in [-0.05, 0) is 24.3 Å². The van der Waals surface area contributed by atoms with E-state index in [9.17, 15) is 10.1 Å². The van der Waals surface area contributed by atoms with Crippen LogP contribution in [0.5, 0.6) is 5.75 Å². The molecule has 1 fully saturated rings. The molecule has 35 heavy (non-hydrogen) atoms. The zero-order valence-corrected chi connectivity index (χ0v) is 19.9. The van der Waals surface area contributed by atoms with Crippen molar-refractivity contribution in [1.29, 1.82) is 5.26 Å². The Balaban J connectivity index is 1.12. The maximum atomic E-state index is 12.9. The fourth-order valence-electron chi connectivity index (χ4n) is 3.99. The number of hydrogen-bond donors (Lipinski definition) is 0. The van der Waals surface area contributed by atoms with Crippen LogP contribution in [0.4, 0.5) is 0 Å². The smallest absolute Gasteiger partial charge is 0.289 e. The van der Waals surface area contributed by atoms with Crippen molar-refractivity contribution in [2.75, 3.05) is 26.2 Å². The highest BCUT2D eigenvalue weighted by molar-refractivity contribution is 7.13. The number of benzene rings is 2. The molecule has 8 heteroatoms. The molecule has 0 atom stereocenters. The maximum absolute atomic E-state index is 12.9. The zero-order chi connectivity index (χ0) is 24.0. The zero-order valence-electron chi connectivity index (χ0n) is 19.1. The molecule has 1 amide bonds. The highest BCUT2D eigenvalue weighted by atomic mass is 32.1. The van der Waals surface area contributed by atoms with E-state index < -0.39 is 0 Å². The number of aromatic nitrogens is 1. The van der Waals surface area contributed by atoms with Gasteiger partial charge in [0.25, 0.3) is 5.91 Å². The number of nitrogens with zero attached hydrogens (tertiary/aromatic N) is 4. The predicted octanol–water partition coefficient (Wildman–Crippen LogP) is 4.81. The third-order valence-electron chi connectivity index (χ3n) is 5.87. The fourth-order valence-corrected chi connectivity index (χ4v) is 4.81. The van der Waals surface area contributed by atoms with Gasteiger partial charge in [-0.15, -0.1) is 11.3 Å². The molecule has 0 N–H and O–H groups in total. The Labute approximate surface area is 207 Å². The molecular formula is C27H24N4O3S. The van der Waals surface area contributed by atoms with Crippen LogP contribution in [0.25, 0.3) is 10.6 Å². The number of ether oxygens (including phenoxy) is 1. The first-order chi connectivity index (χ1) is 17.2. The van der Waals surface area contributed by atoms with Crippen molar-refractivity contribution in [3.05, 3.63) is 94.9 Å². The Morgan fingerprint density at radius 1 is 1.03 bits per heavy atom. The molecule has 2 aromatic carbocycles. The number of amides is 1. The van der Waals surface area contributed by atoms with E-state index in [-0.39, 0.29) is 12.5 Å². The number of furan rings is 1. The van der Waals surface area contributed by atoms with Gasteiger partial charge in [0, 0.05) is 43.7 Å². The number of rotatable bonds is 7. The third-order valence-corrected chi connectivity index (χ3v) is 6.81. The van der Waals surface area contributed by atoms with E-state index in [0.29, 0.717) is 35.9 Å². The number of para-hydroxylation sites is 1. The van der Waals surface area contributed by atoms with Crippen LogP contribution in [0, 0.1) is 11.3 Å². The second-order valence-corrected chi connectivity index (χ2v) is 9.10. The summed E-state index contributed by atoms with van der Waals surface area (Å²) in [5.74, 6) is 1.22. The molecule has 3 heterocycles. The molecule has 0 spiro atoms. The first kappa shape index (κ1) is 22.8. The molecule has 0 bridgehead atoms. The summed E-state index contributed by atoms with van der Waals surface area (Å²) in [7, 11) is 0. The number of nitriles is 1. The second kappa shape index (κ2) is 10.6. The second-order valence-electron chi connectivity index (χ2n) is 8.24. The van der Waals surface area contributed by atoms with Crippen LogP contribution in [0.15, 0.2) is 76.5 Å². The maximum Gasteiger partial charge on any atom is 0.289 e. The van der Waals surface area contributed by atoms with Gasteiger partial charge in [0.15, 0.2) is 5.76 Å². The molecular weight excluding hydrogens is 460 g/mol. The van der Waals surface area contributed by atoms with E-state index in [2.05, 4.69) is 28.5 Å². The molecule has 176 valence electrons. The molecule has 1 aliphatic heterocycles. The van der Waals surface area contributed by atoms with Crippen LogP contribution in [-0.2, 0) is 13.2 Å². The summed E-state index contributed by atoms with van der Waals surface area (Å²) in [6.45, 7) is 3.76. The summed E-state index contributed by atoms with van der Waals surface area (Å²) in [6, 6.07) is 22.8. The average molecular weight is 485 g/mol. The summed E-state index contributed by atoms with van der Waals surface area (Å²) in [5.41, 5.74) is 2.65. The number of carbonyl (C=O) groups excluding carboxylic acids is 1. The lowest BCUT2D eigenvalue weighted by atomic mass is 10.2. The molecule has 0 radical (unpaired) electrons. The Morgan fingerprint density at radius 2 is 1.80 bits per heavy atom. The molecule has 0 unspecified atom stereocenters. The van der Waals surface area contributed by atoms with Crippen LogP contribution in [0.2, 0.25) is 0 Å². The highest BCUT2D eigenvalue weighted by Gasteiger charge is 2.25. The van der Waals surface area contributed by atoms with E-state index in [1.165, 1.54) is 0 Å². The van der Waals surface area contributed by atoms with E-state index >= 15 is 0 Å². The molecule has 0 saturated carbocycles. The van der Waals surface area contributed by atoms with Gasteiger partial charge in [0.2, 0.25) is 0 Å². The van der Waals surface area contributed by atoms with Gasteiger partial charge in [0.1, 0.15) is 29.2 Å². The largest absolute Gasteiger partial charge is 0.484 e. The van der Waals surface area contributed by atoms with E-state index in [1.54, 1.807) is 41.7 Å². The van der Waals surface area contributed by atoms with Crippen molar-refractivity contribution in [2.45, 2.75) is 13.2 Å². The highest BCUT2D eigenvalue weighted by Crippen LogP contribution is 2.24. The normalized spacial score (nSPS) is 14.0. The number of hydrogen-bond acceptors (Lipinski definition) is 7. The van der Waals surface area contributed by atoms with Crippen molar-refractivity contribution in [2.24, 2.45) is 0 Å². The molecule has 0 aliphatic carbocycles. The van der Waals surface area contributed by atoms with Crippen molar-refractivity contribution in [3.8, 4) is 22.4 Å². The molecule has 1 aliphatic rings. The van der Waals surface area contributed by atoms with Crippen LogP contribution in [0.1, 0.15) is 27.6 Å². The molecule has 4 aromatic rings. The summed E-state index contributed by atoms with van der Waals surface area (Å²) >= 11 is 1.66. The van der Waals surface area contributed by atoms with E-state index in [1.807, 2.05) is 29.2 Å². The monoisotopic (exact) mass is 484 g/mol. The van der Waals surface area contributed by atoms with Gasteiger partial charge >= 0.3 is 0 Å². The van der Waals surface area contributed by atoms with Crippen molar-refractivity contribution < 1.29 is 13.9 Å². The lowest BCUT2D eigenvalue weighted by Gasteiger charge is -2.33. The van der Waals surface area contributed by atoms with Gasteiger partial charge in [-0.2, -0.15) is 5.26 Å². The number of carbonyl (C=O) groups is 1. The summed E-state index contributed by atoms with van der Waals surface area (Å²) < 4.78 is 11.4. The molecule has 5 rings (SSSR count). The molecule has 2 aromatic heterocycles. The Hall–Kier alpha value is -3.93. The first-order valence-corrected chi connectivity index (χ1v) is 12.3. The predicted molar refractivity (Wildman–Crippen MR) is 133 cm³/mol. The van der Waals surface area contributed by atoms with Crippen LogP contribution < -0.4 is 4.74 Å². The van der Waals surface area contributed by atoms with Gasteiger partial charge in [-0.25, -0.2) is 4.98 Å². The standard InChI is InChI=1S/C27H24N4O3S/c28-16-21-8-4-5-9-24(21)33-18-23-10-11-25(34-23)27(32)31-14-12-30(13-15-31)17-22-19-35-26(29-22)20-6-2-1-3-7-20/h1-11,19H,12-15,17-18H2. The molecule has 7 nitrogen and oxygen atoms in total. The van der Waals surface area contributed by atoms with Crippen LogP contribution >= 0.6 is 11.3 Å². The fraction of sp³-hybridized carbons (Fsp3) is 0.222. The Morgan fingerprint density at radius 3 is 2.60 bits per heavy atom. The minimum atomic E-state index is -0.117. The van der Waals surface area contributed by atoms with Crippen LogP contribution in [-0.4, -0.2) is 46.9 Å². The lowest BCUT2D eigenvalue weighted by molar-refractivity contribution is 0.0593. The van der Waals surface area contributed by atoms with Crippen molar-refractivity contribution in [1.82, 2.24) is 14.8 Å². The average Bonchev–Trinajstić information content (AvgIpc) is 3.58. The SMILES string of the molecule is N#Cc1ccccc1OCc1ccc(C(=O)N2CCN(Cc3csc(-c4ccccc4)n3)CC2)o1. The topological polar surface area (TPSA) is 82.6 Å².